The molecule has 2 N–H and O–H groups in total. The normalized spacial score (nSPS) is 11.1. The summed E-state index contributed by atoms with van der Waals surface area (Å²) in [5.41, 5.74) is -2.00. The second-order valence-corrected chi connectivity index (χ2v) is 6.66. The third kappa shape index (κ3) is 5.08. The first-order valence-corrected chi connectivity index (χ1v) is 8.99. The number of carbonyl (C=O) groups excluding carboxylic acids is 2. The lowest BCUT2D eigenvalue weighted by Crippen LogP contribution is -2.31. The van der Waals surface area contributed by atoms with E-state index < -0.39 is 29.8 Å². The minimum absolute atomic E-state index is 0.320. The molecule has 150 valence electrons. The highest BCUT2D eigenvalue weighted by atomic mass is 32.1. The molecular formula is C18H13F3N4O3S. The van der Waals surface area contributed by atoms with Crippen LogP contribution in [0.2, 0.25) is 0 Å². The molecule has 1 aromatic carbocycles. The Morgan fingerprint density at radius 3 is 2.45 bits per heavy atom. The highest BCUT2D eigenvalue weighted by Gasteiger charge is 2.34. The van der Waals surface area contributed by atoms with Crippen molar-refractivity contribution >= 4 is 34.0 Å². The fourth-order valence-corrected chi connectivity index (χ4v) is 2.92. The fourth-order valence-electron chi connectivity index (χ4n) is 2.39. The lowest BCUT2D eigenvalue weighted by molar-refractivity contribution is -0.139. The first-order chi connectivity index (χ1) is 13.7. The summed E-state index contributed by atoms with van der Waals surface area (Å²) in [6.07, 6.45) is -2.15. The molecule has 0 bridgehead atoms. The standard InChI is InChI=1S/C18H13F3N4O3S/c19-18(20,21)13-2-1-8-25(16(13)28)10-14(26)23-12-5-3-11(4-6-12)15(27)24-17-22-7-9-29-17/h1-9H,10H2,(H,23,26)(H,22,24,27). The Morgan fingerprint density at radius 1 is 1.10 bits per heavy atom. The molecule has 0 saturated heterocycles. The van der Waals surface area contributed by atoms with Crippen LogP contribution < -0.4 is 16.2 Å². The van der Waals surface area contributed by atoms with Gasteiger partial charge in [0.25, 0.3) is 11.5 Å². The Kier molecular flexibility index (Phi) is 5.78. The van der Waals surface area contributed by atoms with Gasteiger partial charge in [0.2, 0.25) is 5.91 Å². The molecule has 0 atom stereocenters. The number of halogens is 3. The number of benzene rings is 1. The number of alkyl halides is 3. The van der Waals surface area contributed by atoms with Gasteiger partial charge in [-0.15, -0.1) is 11.3 Å². The van der Waals surface area contributed by atoms with Crippen LogP contribution in [0.4, 0.5) is 24.0 Å². The second kappa shape index (κ2) is 8.27. The molecule has 0 aliphatic rings. The van der Waals surface area contributed by atoms with Crippen molar-refractivity contribution in [2.24, 2.45) is 0 Å². The zero-order valence-corrected chi connectivity index (χ0v) is 15.4. The number of pyridine rings is 1. The van der Waals surface area contributed by atoms with E-state index in [2.05, 4.69) is 15.6 Å². The number of rotatable bonds is 5. The van der Waals surface area contributed by atoms with Gasteiger partial charge in [0.05, 0.1) is 0 Å². The Morgan fingerprint density at radius 2 is 1.83 bits per heavy atom. The largest absolute Gasteiger partial charge is 0.421 e. The fraction of sp³-hybridized carbons (Fsp3) is 0.111. The van der Waals surface area contributed by atoms with Gasteiger partial charge >= 0.3 is 6.18 Å². The molecule has 0 radical (unpaired) electrons. The monoisotopic (exact) mass is 422 g/mol. The van der Waals surface area contributed by atoms with Gasteiger partial charge in [-0.25, -0.2) is 4.98 Å². The summed E-state index contributed by atoms with van der Waals surface area (Å²) in [6.45, 7) is -0.588. The first kappa shape index (κ1) is 20.3. The zero-order valence-electron chi connectivity index (χ0n) is 14.6. The van der Waals surface area contributed by atoms with Crippen LogP contribution in [0.25, 0.3) is 0 Å². The van der Waals surface area contributed by atoms with Gasteiger partial charge in [-0.3, -0.25) is 19.7 Å². The van der Waals surface area contributed by atoms with E-state index >= 15 is 0 Å². The van der Waals surface area contributed by atoms with Crippen molar-refractivity contribution < 1.29 is 22.8 Å². The second-order valence-electron chi connectivity index (χ2n) is 5.77. The van der Waals surface area contributed by atoms with Crippen molar-refractivity contribution in [3.05, 3.63) is 75.7 Å². The molecule has 0 aliphatic carbocycles. The number of hydrogen-bond acceptors (Lipinski definition) is 5. The number of aromatic nitrogens is 2. The van der Waals surface area contributed by atoms with Crippen LogP contribution in [0.5, 0.6) is 0 Å². The Balaban J connectivity index is 1.64. The van der Waals surface area contributed by atoms with E-state index in [1.165, 1.54) is 35.6 Å². The molecule has 2 aromatic heterocycles. The summed E-state index contributed by atoms with van der Waals surface area (Å²) < 4.78 is 39.0. The zero-order chi connectivity index (χ0) is 21.0. The average molecular weight is 422 g/mol. The number of anilines is 2. The van der Waals surface area contributed by atoms with Crippen LogP contribution in [0, 0.1) is 0 Å². The van der Waals surface area contributed by atoms with E-state index in [-0.39, 0.29) is 5.91 Å². The van der Waals surface area contributed by atoms with Crippen molar-refractivity contribution in [3.8, 4) is 0 Å². The summed E-state index contributed by atoms with van der Waals surface area (Å²) in [7, 11) is 0. The lowest BCUT2D eigenvalue weighted by Gasteiger charge is -2.11. The van der Waals surface area contributed by atoms with Crippen LogP contribution in [-0.2, 0) is 17.5 Å². The van der Waals surface area contributed by atoms with Crippen LogP contribution in [0.3, 0.4) is 0 Å². The number of carbonyl (C=O) groups is 2. The number of amides is 2. The minimum Gasteiger partial charge on any atom is -0.325 e. The summed E-state index contributed by atoms with van der Waals surface area (Å²) >= 11 is 1.26. The molecule has 11 heteroatoms. The predicted molar refractivity (Wildman–Crippen MR) is 101 cm³/mol. The van der Waals surface area contributed by atoms with E-state index in [1.807, 2.05) is 0 Å². The topological polar surface area (TPSA) is 93.1 Å². The van der Waals surface area contributed by atoms with Gasteiger partial charge in [0, 0.05) is 29.0 Å². The molecule has 0 spiro atoms. The molecular weight excluding hydrogens is 409 g/mol. The average Bonchev–Trinajstić information content (AvgIpc) is 3.16. The first-order valence-electron chi connectivity index (χ1n) is 8.11. The maximum atomic E-state index is 12.8. The summed E-state index contributed by atoms with van der Waals surface area (Å²) in [4.78, 5) is 40.0. The van der Waals surface area contributed by atoms with Crippen LogP contribution in [0.15, 0.2) is 59.0 Å². The number of thiazole rings is 1. The van der Waals surface area contributed by atoms with E-state index in [0.29, 0.717) is 27.0 Å². The van der Waals surface area contributed by atoms with Crippen LogP contribution >= 0.6 is 11.3 Å². The van der Waals surface area contributed by atoms with Crippen molar-refractivity contribution in [1.29, 1.82) is 0 Å². The van der Waals surface area contributed by atoms with Gasteiger partial charge in [-0.2, -0.15) is 13.2 Å². The Hall–Kier alpha value is -3.47. The molecule has 3 aromatic rings. The third-order valence-electron chi connectivity index (χ3n) is 3.72. The summed E-state index contributed by atoms with van der Waals surface area (Å²) in [6, 6.07) is 7.57. The molecule has 3 rings (SSSR count). The molecule has 29 heavy (non-hydrogen) atoms. The van der Waals surface area contributed by atoms with Crippen molar-refractivity contribution in [2.75, 3.05) is 10.6 Å². The van der Waals surface area contributed by atoms with Gasteiger partial charge in [0.15, 0.2) is 5.13 Å². The van der Waals surface area contributed by atoms with E-state index in [9.17, 15) is 27.6 Å². The van der Waals surface area contributed by atoms with E-state index in [1.54, 1.807) is 11.6 Å². The molecule has 7 nitrogen and oxygen atoms in total. The maximum Gasteiger partial charge on any atom is 0.421 e. The van der Waals surface area contributed by atoms with Crippen LogP contribution in [-0.4, -0.2) is 21.4 Å². The molecule has 0 aliphatic heterocycles. The van der Waals surface area contributed by atoms with Crippen LogP contribution in [0.1, 0.15) is 15.9 Å². The third-order valence-corrected chi connectivity index (χ3v) is 4.41. The predicted octanol–water partition coefficient (Wildman–Crippen LogP) is 3.21. The lowest BCUT2D eigenvalue weighted by atomic mass is 10.2. The maximum absolute atomic E-state index is 12.8. The molecule has 0 unspecified atom stereocenters. The number of nitrogens with zero attached hydrogens (tertiary/aromatic N) is 2. The molecule has 2 amide bonds. The SMILES string of the molecule is O=C(Cn1cccc(C(F)(F)F)c1=O)Nc1ccc(C(=O)Nc2nccs2)cc1. The Bertz CT molecular complexity index is 1080. The molecule has 0 saturated carbocycles. The number of nitrogens with one attached hydrogen (secondary N) is 2. The van der Waals surface area contributed by atoms with Gasteiger partial charge in [-0.1, -0.05) is 0 Å². The highest BCUT2D eigenvalue weighted by molar-refractivity contribution is 7.13. The number of hydrogen-bond donors (Lipinski definition) is 2. The van der Waals surface area contributed by atoms with Crippen molar-refractivity contribution in [3.63, 3.8) is 0 Å². The minimum atomic E-state index is -4.80. The quantitative estimate of drug-likeness (QED) is 0.660. The van der Waals surface area contributed by atoms with Crippen molar-refractivity contribution in [1.82, 2.24) is 9.55 Å². The smallest absolute Gasteiger partial charge is 0.325 e. The highest BCUT2D eigenvalue weighted by Crippen LogP contribution is 2.26. The van der Waals surface area contributed by atoms with Crippen molar-refractivity contribution in [2.45, 2.75) is 12.7 Å². The summed E-state index contributed by atoms with van der Waals surface area (Å²) in [5.74, 6) is -1.07. The summed E-state index contributed by atoms with van der Waals surface area (Å²) in [5, 5.41) is 7.23. The van der Waals surface area contributed by atoms with Gasteiger partial charge < -0.3 is 9.88 Å². The van der Waals surface area contributed by atoms with E-state index in [0.717, 1.165) is 12.3 Å². The van der Waals surface area contributed by atoms with Gasteiger partial charge in [0.1, 0.15) is 12.1 Å². The Labute approximate surface area is 165 Å². The molecule has 0 fully saturated rings. The molecule has 2 heterocycles. The van der Waals surface area contributed by atoms with Gasteiger partial charge in [-0.05, 0) is 36.4 Å². The van der Waals surface area contributed by atoms with E-state index in [4.69, 9.17) is 0 Å².